The van der Waals surface area contributed by atoms with Crippen molar-refractivity contribution in [2.45, 2.75) is 0 Å². The summed E-state index contributed by atoms with van der Waals surface area (Å²) >= 11 is 0. The summed E-state index contributed by atoms with van der Waals surface area (Å²) in [6.07, 6.45) is 0. The molecule has 10 nitrogen and oxygen atoms in total. The number of hydrogen-bond donors (Lipinski definition) is 0. The molecule has 0 saturated carbocycles. The number of ether oxygens (including phenoxy) is 6. The summed E-state index contributed by atoms with van der Waals surface area (Å²) in [5.74, 6) is -2.43. The topological polar surface area (TPSA) is 136 Å². The summed E-state index contributed by atoms with van der Waals surface area (Å²) in [6, 6.07) is 129. The number of aliphatic carboxylic acids is 2. The number of rotatable bonds is 28. The summed E-state index contributed by atoms with van der Waals surface area (Å²) in [6.45, 7) is 2.54. The minimum Gasteiger partial charge on any atom is -0.548 e. The Kier molecular flexibility index (Phi) is 44.0. The Balaban J connectivity index is 0.000000222. The molecule has 0 amide bonds. The van der Waals surface area contributed by atoms with Gasteiger partial charge in [-0.1, -0.05) is 364 Å². The van der Waals surface area contributed by atoms with E-state index in [-0.39, 0.29) is 60.6 Å². The average molecular weight is 1530 g/mol. The number of methoxy groups -OCH3 is 2. The third-order valence-electron chi connectivity index (χ3n) is 14.2. The molecule has 0 radical (unpaired) electrons. The van der Waals surface area contributed by atoms with E-state index in [2.05, 4.69) is 373 Å². The van der Waals surface area contributed by atoms with Crippen LogP contribution in [0.5, 0.6) is 0 Å². The first-order valence-electron chi connectivity index (χ1n) is 32.8. The van der Waals surface area contributed by atoms with Crippen molar-refractivity contribution in [2.75, 3.05) is 80.3 Å². The van der Waals surface area contributed by atoms with Gasteiger partial charge in [0.05, 0.1) is 78.0 Å². The summed E-state index contributed by atoms with van der Waals surface area (Å²) in [7, 11) is 1.37. The second-order valence-corrected chi connectivity index (χ2v) is 30.3. The molecule has 532 valence electrons. The van der Waals surface area contributed by atoms with Crippen molar-refractivity contribution in [1.29, 1.82) is 0 Å². The van der Waals surface area contributed by atoms with Crippen LogP contribution in [-0.2, 0) is 72.1 Å². The maximum Gasteiger partial charge on any atom is 1.00 e. The molecule has 0 aliphatic rings. The molecule has 0 spiro atoms. The Bertz CT molecular complexity index is 3120. The zero-order chi connectivity index (χ0) is 70.1. The minimum absolute atomic E-state index is 0. The molecule has 0 bridgehead atoms. The second-order valence-electron chi connectivity index (χ2n) is 21.4. The summed E-state index contributed by atoms with van der Waals surface area (Å²) < 4.78 is 28.7. The van der Waals surface area contributed by atoms with Crippen LogP contribution < -0.4 is 73.9 Å². The van der Waals surface area contributed by atoms with Gasteiger partial charge in [-0.3, -0.25) is 0 Å². The van der Waals surface area contributed by atoms with E-state index in [9.17, 15) is 19.8 Å². The number of carbonyl (C=O) groups excluding carboxylic acids is 2. The van der Waals surface area contributed by atoms with Crippen molar-refractivity contribution < 1.29 is 82.4 Å². The van der Waals surface area contributed by atoms with E-state index >= 15 is 0 Å². The fourth-order valence-corrected chi connectivity index (χ4v) is 19.0. The fraction of sp³-hybridized carbons (Fsp3) is 0.140. The van der Waals surface area contributed by atoms with E-state index in [1.165, 1.54) is 63.7 Å². The van der Waals surface area contributed by atoms with Gasteiger partial charge >= 0.3 is 34.1 Å². The number of carboxylic acid groups (broad SMARTS) is 2. The third kappa shape index (κ3) is 32.2. The van der Waals surface area contributed by atoms with Gasteiger partial charge in [0.2, 0.25) is 0 Å². The van der Waals surface area contributed by atoms with Gasteiger partial charge in [-0.05, 0) is 95.3 Å². The average Bonchev–Trinajstić information content (AvgIpc) is 0.849. The maximum absolute atomic E-state index is 9.84. The van der Waals surface area contributed by atoms with Crippen LogP contribution in [0, 0.1) is 0 Å². The van der Waals surface area contributed by atoms with Gasteiger partial charge in [-0.2, -0.15) is 0 Å². The largest absolute Gasteiger partial charge is 1.00 e. The predicted octanol–water partition coefficient (Wildman–Crippen LogP) is 10.6. The molecule has 16 heteroatoms. The Morgan fingerprint density at radius 3 is 0.451 bits per heavy atom. The Hall–Kier alpha value is -7.90. The van der Waals surface area contributed by atoms with E-state index in [0.29, 0.717) is 39.6 Å². The van der Waals surface area contributed by atoms with E-state index in [1.807, 2.05) is 0 Å². The van der Waals surface area contributed by atoms with Crippen LogP contribution >= 0.6 is 31.7 Å². The van der Waals surface area contributed by atoms with Gasteiger partial charge < -0.3 is 48.2 Å². The fourth-order valence-electron chi connectivity index (χ4n) is 9.75. The zero-order valence-electron chi connectivity index (χ0n) is 57.2. The number of carbonyl (C=O) groups is 2. The van der Waals surface area contributed by atoms with Crippen molar-refractivity contribution >= 4 is 107 Å². The molecule has 0 saturated heterocycles. The van der Waals surface area contributed by atoms with Crippen LogP contribution in [0.2, 0.25) is 0 Å². The van der Waals surface area contributed by atoms with Crippen LogP contribution in [0.4, 0.5) is 0 Å². The number of carboxylic acids is 2. The zero-order valence-corrected chi connectivity index (χ0v) is 62.6. The molecule has 0 aromatic heterocycles. The first-order valence-corrected chi connectivity index (χ1v) is 38.2. The van der Waals surface area contributed by atoms with Crippen LogP contribution in [0.25, 0.3) is 0 Å². The van der Waals surface area contributed by atoms with Crippen LogP contribution in [0.3, 0.4) is 0 Å². The van der Waals surface area contributed by atoms with Crippen molar-refractivity contribution in [2.24, 2.45) is 0 Å². The molecule has 0 unspecified atom stereocenters. The van der Waals surface area contributed by atoms with Gasteiger partial charge in [0.15, 0.2) is 0 Å². The van der Waals surface area contributed by atoms with Gasteiger partial charge in [-0.25, -0.2) is 0 Å². The molecule has 12 rings (SSSR count). The Morgan fingerprint density at radius 1 is 0.216 bits per heavy atom. The predicted molar refractivity (Wildman–Crippen MR) is 418 cm³/mol. The first kappa shape index (κ1) is 84.8. The van der Waals surface area contributed by atoms with Crippen molar-refractivity contribution in [3.63, 3.8) is 0 Å². The number of hydrogen-bond acceptors (Lipinski definition) is 10. The molecule has 102 heavy (non-hydrogen) atoms. The second kappa shape index (κ2) is 53.0. The third-order valence-corrected chi connectivity index (χ3v) is 24.0. The van der Waals surface area contributed by atoms with Crippen molar-refractivity contribution in [1.82, 2.24) is 0 Å². The SMILES string of the molecule is COCCOCCOCC(=O)[O-].COCCOCCOCC(=O)[O-].[Cu+].[Cu+].c1ccc(P(c2ccccc2)c2ccccc2)cc1.c1ccc(P(c2ccccc2)c2ccccc2)cc1.c1ccc(P(c2ccccc2)c2ccccc2)cc1.c1ccc(P(c2ccccc2)c2ccccc2)cc1. The van der Waals surface area contributed by atoms with Crippen LogP contribution in [-0.4, -0.2) is 92.2 Å². The van der Waals surface area contributed by atoms with Crippen LogP contribution in [0.15, 0.2) is 364 Å². The molecule has 0 aliphatic carbocycles. The summed E-state index contributed by atoms with van der Waals surface area (Å²) in [5.41, 5.74) is 0. The normalized spacial score (nSPS) is 10.3. The molecule has 0 N–H and O–H groups in total. The molecule has 0 atom stereocenters. The monoisotopic (exact) mass is 1530 g/mol. The van der Waals surface area contributed by atoms with Gasteiger partial charge in [-0.15, -0.1) is 0 Å². The molecule has 12 aromatic rings. The Morgan fingerprint density at radius 2 is 0.333 bits per heavy atom. The minimum atomic E-state index is -1.22. The molecule has 12 aromatic carbocycles. The van der Waals surface area contributed by atoms with E-state index in [0.717, 1.165) is 0 Å². The van der Waals surface area contributed by atoms with Gasteiger partial charge in [0.25, 0.3) is 0 Å². The molecule has 0 heterocycles. The Labute approximate surface area is 629 Å². The molecule has 0 aliphatic heterocycles. The van der Waals surface area contributed by atoms with E-state index in [4.69, 9.17) is 18.9 Å². The quantitative estimate of drug-likeness (QED) is 0.0265. The maximum atomic E-state index is 9.84. The smallest absolute Gasteiger partial charge is 0.548 e. The van der Waals surface area contributed by atoms with Gasteiger partial charge in [0, 0.05) is 14.2 Å². The van der Waals surface area contributed by atoms with E-state index in [1.54, 1.807) is 14.2 Å². The van der Waals surface area contributed by atoms with Crippen molar-refractivity contribution in [3.8, 4) is 0 Å². The van der Waals surface area contributed by atoms with Crippen molar-refractivity contribution in [3.05, 3.63) is 364 Å². The van der Waals surface area contributed by atoms with Gasteiger partial charge in [0.1, 0.15) is 0 Å². The summed E-state index contributed by atoms with van der Waals surface area (Å²) in [5, 5.41) is 36.5. The summed E-state index contributed by atoms with van der Waals surface area (Å²) in [4.78, 5) is 19.7. The first-order chi connectivity index (χ1) is 49.3. The molecular formula is C86H86Cu2O10P4. The standard InChI is InChI=1S/4C18H15P.2C7H14O5.2Cu/c4*1-4-10-16(11-5-1)19(17-12-6-2-7-13-17)18-14-8-3-9-15-18;2*1-10-2-3-11-4-5-12-6-7(8)9;;/h4*1-15H;2*2-6H2,1H3,(H,8,9);;/q;;;;;;2*+1/p-2. The van der Waals surface area contributed by atoms with Crippen LogP contribution in [0.1, 0.15) is 0 Å². The number of benzene rings is 12. The molecular weight excluding hydrogens is 1440 g/mol. The van der Waals surface area contributed by atoms with E-state index < -0.39 is 43.6 Å². The molecule has 0 fully saturated rings.